The molecule has 4 nitrogen and oxygen atoms in total. The molecular weight excluding hydrogens is 300 g/mol. The summed E-state index contributed by atoms with van der Waals surface area (Å²) in [4.78, 5) is 14.7. The Kier molecular flexibility index (Phi) is 7.57. The van der Waals surface area contributed by atoms with Gasteiger partial charge in [0, 0.05) is 6.54 Å². The Hall–Kier alpha value is -1.55. The molecule has 24 heavy (non-hydrogen) atoms. The van der Waals surface area contributed by atoms with Gasteiger partial charge in [-0.3, -0.25) is 4.79 Å². The molecule has 0 radical (unpaired) electrons. The van der Waals surface area contributed by atoms with Gasteiger partial charge in [-0.2, -0.15) is 0 Å². The zero-order valence-corrected chi connectivity index (χ0v) is 15.4. The number of hydrogen-bond acceptors (Lipinski definition) is 3. The molecule has 4 heteroatoms. The Morgan fingerprint density at radius 1 is 1.33 bits per heavy atom. The highest BCUT2D eigenvalue weighted by Crippen LogP contribution is 2.19. The van der Waals surface area contributed by atoms with Crippen molar-refractivity contribution in [3.8, 4) is 5.75 Å². The maximum absolute atomic E-state index is 12.2. The van der Waals surface area contributed by atoms with Crippen LogP contribution in [-0.2, 0) is 11.2 Å². The molecule has 1 amide bonds. The summed E-state index contributed by atoms with van der Waals surface area (Å²) < 4.78 is 5.83. The topological polar surface area (TPSA) is 41.6 Å². The number of rotatable bonds is 8. The fraction of sp³-hybridized carbons (Fsp3) is 0.650. The smallest absolute Gasteiger partial charge is 0.260 e. The maximum Gasteiger partial charge on any atom is 0.260 e. The molecule has 1 heterocycles. The SMILES string of the molecule is CCc1ccccc1OC(C)C(=O)NCCCN1CCC(C)CC1. The van der Waals surface area contributed by atoms with E-state index < -0.39 is 6.10 Å². The van der Waals surface area contributed by atoms with Crippen molar-refractivity contribution >= 4 is 5.91 Å². The maximum atomic E-state index is 12.2. The first-order chi connectivity index (χ1) is 11.6. The van der Waals surface area contributed by atoms with Crippen molar-refractivity contribution in [3.05, 3.63) is 29.8 Å². The van der Waals surface area contributed by atoms with Gasteiger partial charge in [0.2, 0.25) is 0 Å². The molecule has 0 saturated carbocycles. The molecule has 1 saturated heterocycles. The summed E-state index contributed by atoms with van der Waals surface area (Å²) in [5, 5.41) is 3.00. The van der Waals surface area contributed by atoms with Crippen LogP contribution in [0.5, 0.6) is 5.75 Å². The van der Waals surface area contributed by atoms with E-state index in [1.807, 2.05) is 31.2 Å². The summed E-state index contributed by atoms with van der Waals surface area (Å²) in [6, 6.07) is 7.91. The van der Waals surface area contributed by atoms with E-state index >= 15 is 0 Å². The molecule has 2 rings (SSSR count). The van der Waals surface area contributed by atoms with Gasteiger partial charge in [0.05, 0.1) is 0 Å². The Morgan fingerprint density at radius 2 is 2.04 bits per heavy atom. The van der Waals surface area contributed by atoms with Crippen LogP contribution >= 0.6 is 0 Å². The molecule has 1 aromatic rings. The zero-order valence-electron chi connectivity index (χ0n) is 15.4. The Morgan fingerprint density at radius 3 is 2.75 bits per heavy atom. The number of nitrogens with one attached hydrogen (secondary N) is 1. The van der Waals surface area contributed by atoms with Crippen molar-refractivity contribution in [1.29, 1.82) is 0 Å². The highest BCUT2D eigenvalue weighted by atomic mass is 16.5. The van der Waals surface area contributed by atoms with E-state index in [0.717, 1.165) is 36.6 Å². The molecule has 0 aliphatic carbocycles. The largest absolute Gasteiger partial charge is 0.481 e. The minimum atomic E-state index is -0.464. The van der Waals surface area contributed by atoms with Crippen LogP contribution < -0.4 is 10.1 Å². The van der Waals surface area contributed by atoms with E-state index in [1.165, 1.54) is 25.9 Å². The van der Waals surface area contributed by atoms with E-state index in [0.29, 0.717) is 6.54 Å². The third kappa shape index (κ3) is 5.82. The average Bonchev–Trinajstić information content (AvgIpc) is 2.60. The van der Waals surface area contributed by atoms with Crippen LogP contribution in [-0.4, -0.2) is 43.1 Å². The van der Waals surface area contributed by atoms with E-state index in [2.05, 4.69) is 24.1 Å². The Bertz CT molecular complexity index is 510. The molecule has 134 valence electrons. The van der Waals surface area contributed by atoms with Crippen molar-refractivity contribution < 1.29 is 9.53 Å². The minimum absolute atomic E-state index is 0.0341. The monoisotopic (exact) mass is 332 g/mol. The third-order valence-electron chi connectivity index (χ3n) is 4.85. The van der Waals surface area contributed by atoms with Gasteiger partial charge in [-0.25, -0.2) is 0 Å². The number of piperidine rings is 1. The lowest BCUT2D eigenvalue weighted by atomic mass is 9.99. The summed E-state index contributed by atoms with van der Waals surface area (Å²) in [6.45, 7) is 10.4. The summed E-state index contributed by atoms with van der Waals surface area (Å²) in [7, 11) is 0. The number of hydrogen-bond donors (Lipinski definition) is 1. The molecule has 0 bridgehead atoms. The predicted molar refractivity (Wildman–Crippen MR) is 98.4 cm³/mol. The van der Waals surface area contributed by atoms with Crippen molar-refractivity contribution in [2.75, 3.05) is 26.2 Å². The fourth-order valence-corrected chi connectivity index (χ4v) is 3.10. The lowest BCUT2D eigenvalue weighted by Gasteiger charge is -2.30. The lowest BCUT2D eigenvalue weighted by molar-refractivity contribution is -0.127. The van der Waals surface area contributed by atoms with E-state index in [-0.39, 0.29) is 5.91 Å². The quantitative estimate of drug-likeness (QED) is 0.743. The second-order valence-electron chi connectivity index (χ2n) is 6.89. The Balaban J connectivity index is 1.66. The van der Waals surface area contributed by atoms with Gasteiger partial charge >= 0.3 is 0 Å². The fourth-order valence-electron chi connectivity index (χ4n) is 3.10. The average molecular weight is 332 g/mol. The normalized spacial score (nSPS) is 17.5. The minimum Gasteiger partial charge on any atom is -0.481 e. The zero-order chi connectivity index (χ0) is 17.4. The summed E-state index contributed by atoms with van der Waals surface area (Å²) >= 11 is 0. The van der Waals surface area contributed by atoms with Crippen molar-refractivity contribution in [2.24, 2.45) is 5.92 Å². The molecule has 1 aliphatic heterocycles. The van der Waals surface area contributed by atoms with Gasteiger partial charge < -0.3 is 15.0 Å². The van der Waals surface area contributed by atoms with Gasteiger partial charge in [0.15, 0.2) is 6.10 Å². The lowest BCUT2D eigenvalue weighted by Crippen LogP contribution is -2.39. The van der Waals surface area contributed by atoms with Crippen LogP contribution in [0.4, 0.5) is 0 Å². The molecule has 1 aromatic carbocycles. The number of aryl methyl sites for hydroxylation is 1. The Labute approximate surface area is 146 Å². The predicted octanol–water partition coefficient (Wildman–Crippen LogP) is 3.25. The van der Waals surface area contributed by atoms with Gasteiger partial charge in [0.25, 0.3) is 5.91 Å². The van der Waals surface area contributed by atoms with Crippen LogP contribution in [0, 0.1) is 5.92 Å². The number of amides is 1. The number of nitrogens with zero attached hydrogens (tertiary/aromatic N) is 1. The van der Waals surface area contributed by atoms with Crippen molar-refractivity contribution in [3.63, 3.8) is 0 Å². The van der Waals surface area contributed by atoms with Gasteiger partial charge in [-0.05, 0) is 69.8 Å². The molecule has 0 spiro atoms. The molecule has 1 unspecified atom stereocenters. The van der Waals surface area contributed by atoms with Gasteiger partial charge in [-0.1, -0.05) is 32.0 Å². The molecule has 1 N–H and O–H groups in total. The molecule has 0 aromatic heterocycles. The van der Waals surface area contributed by atoms with Crippen molar-refractivity contribution in [2.45, 2.75) is 52.6 Å². The first-order valence-electron chi connectivity index (χ1n) is 9.34. The highest BCUT2D eigenvalue weighted by molar-refractivity contribution is 5.80. The number of benzene rings is 1. The third-order valence-corrected chi connectivity index (χ3v) is 4.85. The first kappa shape index (κ1) is 18.8. The highest BCUT2D eigenvalue weighted by Gasteiger charge is 2.17. The van der Waals surface area contributed by atoms with E-state index in [4.69, 9.17) is 4.74 Å². The van der Waals surface area contributed by atoms with Gasteiger partial charge in [0.1, 0.15) is 5.75 Å². The summed E-state index contributed by atoms with van der Waals surface area (Å²) in [6.07, 6.45) is 4.04. The second-order valence-corrected chi connectivity index (χ2v) is 6.89. The van der Waals surface area contributed by atoms with Gasteiger partial charge in [-0.15, -0.1) is 0 Å². The molecule has 1 atom stereocenters. The number of para-hydroxylation sites is 1. The molecule has 1 fully saturated rings. The standard InChI is InChI=1S/C20H32N2O2/c1-4-18-8-5-6-9-19(18)24-17(3)20(23)21-12-7-13-22-14-10-16(2)11-15-22/h5-6,8-9,16-17H,4,7,10-15H2,1-3H3,(H,21,23). The van der Waals surface area contributed by atoms with Crippen LogP contribution in [0.3, 0.4) is 0 Å². The number of carbonyl (C=O) groups is 1. The summed E-state index contributed by atoms with van der Waals surface area (Å²) in [5.74, 6) is 1.64. The van der Waals surface area contributed by atoms with Crippen LogP contribution in [0.25, 0.3) is 0 Å². The van der Waals surface area contributed by atoms with E-state index in [9.17, 15) is 4.79 Å². The van der Waals surface area contributed by atoms with Crippen LogP contribution in [0.1, 0.15) is 45.6 Å². The van der Waals surface area contributed by atoms with Crippen molar-refractivity contribution in [1.82, 2.24) is 10.2 Å². The molecular formula is C20H32N2O2. The molecule has 1 aliphatic rings. The van der Waals surface area contributed by atoms with E-state index in [1.54, 1.807) is 0 Å². The number of ether oxygens (including phenoxy) is 1. The summed E-state index contributed by atoms with van der Waals surface area (Å²) in [5.41, 5.74) is 1.14. The second kappa shape index (κ2) is 9.67. The van der Waals surface area contributed by atoms with Crippen LogP contribution in [0.2, 0.25) is 0 Å². The number of carbonyl (C=O) groups excluding carboxylic acids is 1. The van der Waals surface area contributed by atoms with Crippen LogP contribution in [0.15, 0.2) is 24.3 Å². The first-order valence-corrected chi connectivity index (χ1v) is 9.34. The number of likely N-dealkylation sites (tertiary alicyclic amines) is 1.